The summed E-state index contributed by atoms with van der Waals surface area (Å²) in [7, 11) is 0. The Bertz CT molecular complexity index is 905. The molecule has 2 N–H and O–H groups in total. The maximum absolute atomic E-state index is 11.6. The van der Waals surface area contributed by atoms with E-state index in [9.17, 15) is 4.79 Å². The van der Waals surface area contributed by atoms with Crippen LogP contribution < -0.4 is 5.73 Å². The zero-order valence-corrected chi connectivity index (χ0v) is 14.5. The smallest absolute Gasteiger partial charge is 0.249 e. The van der Waals surface area contributed by atoms with Crippen LogP contribution in [0.4, 0.5) is 0 Å². The molecule has 0 bridgehead atoms. The molecular weight excluding hydrogens is 351 g/mol. The van der Waals surface area contributed by atoms with Gasteiger partial charge < -0.3 is 5.73 Å². The maximum atomic E-state index is 11.6. The summed E-state index contributed by atoms with van der Waals surface area (Å²) in [5, 5.41) is 3.73. The first-order chi connectivity index (χ1) is 11.0. The molecule has 0 atom stereocenters. The van der Waals surface area contributed by atoms with Crippen LogP contribution in [0.5, 0.6) is 0 Å². The van der Waals surface area contributed by atoms with E-state index in [1.165, 1.54) is 11.3 Å². The van der Waals surface area contributed by atoms with Crippen molar-refractivity contribution in [2.45, 2.75) is 6.92 Å². The Morgan fingerprint density at radius 1 is 1.13 bits per heavy atom. The predicted molar refractivity (Wildman–Crippen MR) is 96.3 cm³/mol. The number of hydrogen-bond donors (Lipinski definition) is 1. The second kappa shape index (κ2) is 6.32. The molecule has 1 heterocycles. The summed E-state index contributed by atoms with van der Waals surface area (Å²) in [5.41, 5.74) is 9.23. The lowest BCUT2D eigenvalue weighted by molar-refractivity contribution is 0.100. The molecule has 23 heavy (non-hydrogen) atoms. The second-order valence-electron chi connectivity index (χ2n) is 5.08. The quantitative estimate of drug-likeness (QED) is 0.696. The van der Waals surface area contributed by atoms with Gasteiger partial charge in [0.2, 0.25) is 5.91 Å². The molecule has 0 spiro atoms. The summed E-state index contributed by atoms with van der Waals surface area (Å²) in [5.74, 6) is -0.471. The van der Waals surface area contributed by atoms with Gasteiger partial charge in [-0.1, -0.05) is 34.8 Å². The number of carbonyl (C=O) groups excluding carboxylic acids is 1. The first kappa shape index (κ1) is 16.0. The van der Waals surface area contributed by atoms with Crippen molar-refractivity contribution >= 4 is 40.4 Å². The van der Waals surface area contributed by atoms with E-state index < -0.39 is 5.91 Å². The number of nitrogens with two attached hydrogens (primary N) is 1. The van der Waals surface area contributed by atoms with Gasteiger partial charge in [0.25, 0.3) is 0 Å². The zero-order valence-electron chi connectivity index (χ0n) is 12.1. The number of amides is 1. The van der Waals surface area contributed by atoms with Crippen LogP contribution in [0.15, 0.2) is 41.8 Å². The normalized spacial score (nSPS) is 10.7. The van der Waals surface area contributed by atoms with Gasteiger partial charge >= 0.3 is 0 Å². The molecule has 0 aliphatic heterocycles. The molecule has 2 aromatic carbocycles. The van der Waals surface area contributed by atoms with Crippen molar-refractivity contribution in [2.75, 3.05) is 0 Å². The Labute approximate surface area is 147 Å². The van der Waals surface area contributed by atoms with E-state index in [-0.39, 0.29) is 0 Å². The van der Waals surface area contributed by atoms with Crippen LogP contribution >= 0.6 is 34.5 Å². The van der Waals surface area contributed by atoms with Crippen molar-refractivity contribution in [3.05, 3.63) is 63.0 Å². The number of aromatic nitrogens is 1. The lowest BCUT2D eigenvalue weighted by atomic mass is 10.0. The molecule has 0 saturated heterocycles. The summed E-state index contributed by atoms with van der Waals surface area (Å²) in [6.07, 6.45) is 0. The Hall–Kier alpha value is -1.88. The highest BCUT2D eigenvalue weighted by Gasteiger charge is 2.15. The number of rotatable bonds is 3. The molecule has 116 valence electrons. The molecule has 0 fully saturated rings. The van der Waals surface area contributed by atoms with Crippen molar-refractivity contribution in [1.29, 1.82) is 0 Å². The minimum atomic E-state index is -0.471. The number of carbonyl (C=O) groups is 1. The molecule has 6 heteroatoms. The van der Waals surface area contributed by atoms with Gasteiger partial charge in [-0.2, -0.15) is 0 Å². The lowest BCUT2D eigenvalue weighted by Gasteiger charge is -2.05. The molecule has 0 aliphatic carbocycles. The van der Waals surface area contributed by atoms with Crippen LogP contribution in [0.2, 0.25) is 10.0 Å². The van der Waals surface area contributed by atoms with E-state index in [4.69, 9.17) is 28.9 Å². The molecule has 1 aromatic heterocycles. The largest absolute Gasteiger partial charge is 0.366 e. The average molecular weight is 363 g/mol. The number of aryl methyl sites for hydroxylation is 1. The van der Waals surface area contributed by atoms with Gasteiger partial charge in [-0.15, -0.1) is 11.3 Å². The van der Waals surface area contributed by atoms with E-state index in [0.29, 0.717) is 15.6 Å². The monoisotopic (exact) mass is 362 g/mol. The summed E-state index contributed by atoms with van der Waals surface area (Å²) >= 11 is 13.6. The van der Waals surface area contributed by atoms with Crippen LogP contribution in [0, 0.1) is 6.92 Å². The third-order valence-corrected chi connectivity index (χ3v) is 4.81. The third-order valence-electron chi connectivity index (χ3n) is 3.38. The zero-order chi connectivity index (χ0) is 16.6. The summed E-state index contributed by atoms with van der Waals surface area (Å²) < 4.78 is 0. The fourth-order valence-electron chi connectivity index (χ4n) is 2.27. The summed E-state index contributed by atoms with van der Waals surface area (Å²) in [6.45, 7) is 1.96. The first-order valence-corrected chi connectivity index (χ1v) is 8.41. The number of thiazole rings is 1. The standard InChI is InChI=1S/C17H12Cl2N2OS/c1-9-2-4-11(16(20)22)13(6-9)17-21-15(8-23-17)12-5-3-10(18)7-14(12)19/h2-8H,1H3,(H2,20,22). The van der Waals surface area contributed by atoms with Crippen LogP contribution in [0.1, 0.15) is 15.9 Å². The molecule has 0 radical (unpaired) electrons. The first-order valence-electron chi connectivity index (χ1n) is 6.77. The fraction of sp³-hybridized carbons (Fsp3) is 0.0588. The molecule has 0 saturated carbocycles. The molecule has 3 aromatic rings. The summed E-state index contributed by atoms with van der Waals surface area (Å²) in [4.78, 5) is 16.2. The molecule has 0 aliphatic rings. The fourth-order valence-corrected chi connectivity index (χ4v) is 3.62. The number of halogens is 2. The van der Waals surface area contributed by atoms with E-state index >= 15 is 0 Å². The highest BCUT2D eigenvalue weighted by molar-refractivity contribution is 7.13. The number of primary amides is 1. The second-order valence-corrected chi connectivity index (χ2v) is 6.78. The minimum Gasteiger partial charge on any atom is -0.366 e. The number of hydrogen-bond acceptors (Lipinski definition) is 3. The molecule has 1 amide bonds. The van der Waals surface area contributed by atoms with E-state index in [2.05, 4.69) is 4.98 Å². The van der Waals surface area contributed by atoms with Crippen LogP contribution in [0.25, 0.3) is 21.8 Å². The maximum Gasteiger partial charge on any atom is 0.249 e. The van der Waals surface area contributed by atoms with Gasteiger partial charge in [0, 0.05) is 27.1 Å². The third kappa shape index (κ3) is 3.24. The van der Waals surface area contributed by atoms with E-state index in [0.717, 1.165) is 27.4 Å². The predicted octanol–water partition coefficient (Wildman–Crippen LogP) is 5.19. The highest BCUT2D eigenvalue weighted by Crippen LogP contribution is 2.35. The Kier molecular flexibility index (Phi) is 4.39. The van der Waals surface area contributed by atoms with E-state index in [1.807, 2.05) is 30.5 Å². The highest BCUT2D eigenvalue weighted by atomic mass is 35.5. The van der Waals surface area contributed by atoms with Crippen LogP contribution in [-0.2, 0) is 0 Å². The molecular formula is C17H12Cl2N2OS. The molecule has 3 rings (SSSR count). The molecule has 0 unspecified atom stereocenters. The Morgan fingerprint density at radius 2 is 1.91 bits per heavy atom. The van der Waals surface area contributed by atoms with Gasteiger partial charge in [-0.3, -0.25) is 4.79 Å². The topological polar surface area (TPSA) is 56.0 Å². The summed E-state index contributed by atoms with van der Waals surface area (Å²) in [6, 6.07) is 10.8. The molecule has 3 nitrogen and oxygen atoms in total. The number of nitrogens with zero attached hydrogens (tertiary/aromatic N) is 1. The van der Waals surface area contributed by atoms with Crippen molar-refractivity contribution in [1.82, 2.24) is 4.98 Å². The van der Waals surface area contributed by atoms with Gasteiger partial charge in [-0.25, -0.2) is 4.98 Å². The van der Waals surface area contributed by atoms with Crippen molar-refractivity contribution < 1.29 is 4.79 Å². The van der Waals surface area contributed by atoms with E-state index in [1.54, 1.807) is 18.2 Å². The van der Waals surface area contributed by atoms with Crippen molar-refractivity contribution in [2.24, 2.45) is 5.73 Å². The lowest BCUT2D eigenvalue weighted by Crippen LogP contribution is -2.12. The van der Waals surface area contributed by atoms with Crippen LogP contribution in [0.3, 0.4) is 0 Å². The van der Waals surface area contributed by atoms with Crippen molar-refractivity contribution in [3.8, 4) is 21.8 Å². The van der Waals surface area contributed by atoms with Gasteiger partial charge in [0.05, 0.1) is 10.7 Å². The van der Waals surface area contributed by atoms with Crippen LogP contribution in [-0.4, -0.2) is 10.9 Å². The van der Waals surface area contributed by atoms with Crippen molar-refractivity contribution in [3.63, 3.8) is 0 Å². The minimum absolute atomic E-state index is 0.457. The van der Waals surface area contributed by atoms with Gasteiger partial charge in [0.15, 0.2) is 0 Å². The average Bonchev–Trinajstić information content (AvgIpc) is 2.96. The Balaban J connectivity index is 2.09. The number of benzene rings is 2. The Morgan fingerprint density at radius 3 is 2.61 bits per heavy atom. The van der Waals surface area contributed by atoms with Gasteiger partial charge in [0.1, 0.15) is 5.01 Å². The SMILES string of the molecule is Cc1ccc(C(N)=O)c(-c2nc(-c3ccc(Cl)cc3Cl)cs2)c1. The van der Waals surface area contributed by atoms with Gasteiger partial charge in [-0.05, 0) is 37.3 Å².